The topological polar surface area (TPSA) is 29.1 Å². The summed E-state index contributed by atoms with van der Waals surface area (Å²) in [6, 6.07) is 10.0. The molecule has 0 saturated heterocycles. The predicted molar refractivity (Wildman–Crippen MR) is 79.5 cm³/mol. The Hall–Kier alpha value is -1.02. The van der Waals surface area contributed by atoms with Gasteiger partial charge in [-0.1, -0.05) is 44.2 Å². The second-order valence-corrected chi connectivity index (χ2v) is 6.50. The van der Waals surface area contributed by atoms with Crippen LogP contribution in [-0.2, 0) is 10.2 Å². The van der Waals surface area contributed by atoms with E-state index >= 15 is 0 Å². The average molecular weight is 280 g/mol. The Balaban J connectivity index is 1.90. The zero-order chi connectivity index (χ0) is 13.9. The Morgan fingerprint density at radius 3 is 2.47 bits per heavy atom. The van der Waals surface area contributed by atoms with E-state index in [0.717, 1.165) is 24.8 Å². The van der Waals surface area contributed by atoms with Crippen molar-refractivity contribution in [2.24, 2.45) is 5.92 Å². The number of alkyl halides is 1. The van der Waals surface area contributed by atoms with Gasteiger partial charge in [0.2, 0.25) is 5.91 Å². The third-order valence-corrected chi connectivity index (χ3v) is 4.05. The molecule has 0 heterocycles. The second kappa shape index (κ2) is 5.96. The highest BCUT2D eigenvalue weighted by molar-refractivity contribution is 6.20. The minimum Gasteiger partial charge on any atom is -0.354 e. The van der Waals surface area contributed by atoms with Crippen molar-refractivity contribution in [3.63, 3.8) is 0 Å². The number of nitrogens with one attached hydrogen (secondary N) is 1. The van der Waals surface area contributed by atoms with Gasteiger partial charge in [-0.25, -0.2) is 0 Å². The van der Waals surface area contributed by atoms with Gasteiger partial charge in [0.15, 0.2) is 0 Å². The summed E-state index contributed by atoms with van der Waals surface area (Å²) < 4.78 is 0. The summed E-state index contributed by atoms with van der Waals surface area (Å²) in [5, 5.41) is 3.04. The van der Waals surface area contributed by atoms with Crippen LogP contribution < -0.4 is 5.32 Å². The molecule has 1 aliphatic rings. The van der Waals surface area contributed by atoms with Crippen LogP contribution in [0.3, 0.4) is 0 Å². The molecule has 0 radical (unpaired) electrons. The lowest BCUT2D eigenvalue weighted by Gasteiger charge is -2.18. The van der Waals surface area contributed by atoms with Crippen molar-refractivity contribution < 1.29 is 4.79 Å². The lowest BCUT2D eigenvalue weighted by molar-refractivity contribution is -0.123. The van der Waals surface area contributed by atoms with E-state index in [-0.39, 0.29) is 16.7 Å². The Morgan fingerprint density at radius 2 is 1.95 bits per heavy atom. The highest BCUT2D eigenvalue weighted by Crippen LogP contribution is 2.48. The quantitative estimate of drug-likeness (QED) is 0.794. The predicted octanol–water partition coefficient (Wildman–Crippen LogP) is 3.49. The molecule has 1 saturated carbocycles. The maximum atomic E-state index is 12.3. The SMILES string of the molecule is CC(C)CC(Cl)CNC(=O)C1(c2ccccc2)CC1. The molecule has 1 unspecified atom stereocenters. The molecule has 0 aliphatic heterocycles. The molecule has 1 aromatic rings. The molecule has 19 heavy (non-hydrogen) atoms. The highest BCUT2D eigenvalue weighted by Gasteiger charge is 2.50. The van der Waals surface area contributed by atoms with E-state index in [1.807, 2.05) is 30.3 Å². The molecule has 104 valence electrons. The summed E-state index contributed by atoms with van der Waals surface area (Å²) in [5.41, 5.74) is 0.845. The van der Waals surface area contributed by atoms with Crippen molar-refractivity contribution in [3.05, 3.63) is 35.9 Å². The van der Waals surface area contributed by atoms with E-state index in [2.05, 4.69) is 19.2 Å². The molecule has 2 rings (SSSR count). The van der Waals surface area contributed by atoms with Crippen molar-refractivity contribution in [2.45, 2.75) is 43.9 Å². The molecule has 1 amide bonds. The van der Waals surface area contributed by atoms with Gasteiger partial charge in [-0.05, 0) is 30.7 Å². The van der Waals surface area contributed by atoms with Crippen LogP contribution in [0, 0.1) is 5.92 Å². The molecule has 0 spiro atoms. The molecule has 1 atom stereocenters. The van der Waals surface area contributed by atoms with E-state index in [9.17, 15) is 4.79 Å². The molecule has 1 fully saturated rings. The fourth-order valence-corrected chi connectivity index (χ4v) is 2.93. The van der Waals surface area contributed by atoms with E-state index in [1.165, 1.54) is 0 Å². The first-order valence-corrected chi connectivity index (χ1v) is 7.46. The number of benzene rings is 1. The van der Waals surface area contributed by atoms with Gasteiger partial charge in [0.25, 0.3) is 0 Å². The summed E-state index contributed by atoms with van der Waals surface area (Å²) in [5.74, 6) is 0.691. The van der Waals surface area contributed by atoms with Gasteiger partial charge in [-0.3, -0.25) is 4.79 Å². The van der Waals surface area contributed by atoms with Gasteiger partial charge in [0.1, 0.15) is 0 Å². The van der Waals surface area contributed by atoms with Crippen LogP contribution in [0.4, 0.5) is 0 Å². The zero-order valence-electron chi connectivity index (χ0n) is 11.7. The smallest absolute Gasteiger partial charge is 0.230 e. The summed E-state index contributed by atoms with van der Waals surface area (Å²) >= 11 is 6.22. The fraction of sp³-hybridized carbons (Fsp3) is 0.562. The molecule has 0 bridgehead atoms. The van der Waals surface area contributed by atoms with Crippen LogP contribution >= 0.6 is 11.6 Å². The number of carbonyl (C=O) groups excluding carboxylic acids is 1. The third kappa shape index (κ3) is 3.50. The highest BCUT2D eigenvalue weighted by atomic mass is 35.5. The first kappa shape index (κ1) is 14.4. The van der Waals surface area contributed by atoms with Crippen molar-refractivity contribution >= 4 is 17.5 Å². The van der Waals surface area contributed by atoms with Crippen LogP contribution in [0.5, 0.6) is 0 Å². The van der Waals surface area contributed by atoms with Crippen molar-refractivity contribution in [1.29, 1.82) is 0 Å². The molecule has 1 aromatic carbocycles. The normalized spacial score (nSPS) is 18.1. The number of halogens is 1. The molecular formula is C16H22ClNO. The monoisotopic (exact) mass is 279 g/mol. The van der Waals surface area contributed by atoms with E-state index in [0.29, 0.717) is 12.5 Å². The van der Waals surface area contributed by atoms with Crippen molar-refractivity contribution in [3.8, 4) is 0 Å². The van der Waals surface area contributed by atoms with Crippen LogP contribution in [0.25, 0.3) is 0 Å². The molecule has 3 heteroatoms. The number of amides is 1. The van der Waals surface area contributed by atoms with Gasteiger partial charge >= 0.3 is 0 Å². The first-order valence-electron chi connectivity index (χ1n) is 7.02. The standard InChI is InChI=1S/C16H22ClNO/c1-12(2)10-14(17)11-18-15(19)16(8-9-16)13-6-4-3-5-7-13/h3-7,12,14H,8-11H2,1-2H3,(H,18,19). The van der Waals surface area contributed by atoms with Crippen LogP contribution in [-0.4, -0.2) is 17.8 Å². The average Bonchev–Trinajstić information content (AvgIpc) is 3.18. The maximum absolute atomic E-state index is 12.3. The Kier molecular flexibility index (Phi) is 4.51. The Labute approximate surface area is 120 Å². The number of hydrogen-bond donors (Lipinski definition) is 1. The fourth-order valence-electron chi connectivity index (χ4n) is 2.50. The molecule has 1 aliphatic carbocycles. The maximum Gasteiger partial charge on any atom is 0.230 e. The van der Waals surface area contributed by atoms with E-state index in [4.69, 9.17) is 11.6 Å². The molecule has 2 nitrogen and oxygen atoms in total. The Bertz CT molecular complexity index is 426. The van der Waals surface area contributed by atoms with Gasteiger partial charge < -0.3 is 5.32 Å². The van der Waals surface area contributed by atoms with Crippen LogP contribution in [0.1, 0.15) is 38.7 Å². The van der Waals surface area contributed by atoms with Gasteiger partial charge in [-0.2, -0.15) is 0 Å². The minimum absolute atomic E-state index is 0.0236. The number of hydrogen-bond acceptors (Lipinski definition) is 1. The first-order chi connectivity index (χ1) is 9.04. The molecular weight excluding hydrogens is 258 g/mol. The number of rotatable bonds is 6. The third-order valence-electron chi connectivity index (χ3n) is 3.72. The van der Waals surface area contributed by atoms with Crippen molar-refractivity contribution in [1.82, 2.24) is 5.32 Å². The van der Waals surface area contributed by atoms with Gasteiger partial charge in [-0.15, -0.1) is 11.6 Å². The van der Waals surface area contributed by atoms with Crippen LogP contribution in [0.15, 0.2) is 30.3 Å². The second-order valence-electron chi connectivity index (χ2n) is 5.88. The molecule has 0 aromatic heterocycles. The van der Waals surface area contributed by atoms with Gasteiger partial charge in [0, 0.05) is 6.54 Å². The lowest BCUT2D eigenvalue weighted by atomic mass is 9.95. The zero-order valence-corrected chi connectivity index (χ0v) is 12.4. The lowest BCUT2D eigenvalue weighted by Crippen LogP contribution is -2.38. The van der Waals surface area contributed by atoms with Crippen molar-refractivity contribution in [2.75, 3.05) is 6.54 Å². The Morgan fingerprint density at radius 1 is 1.32 bits per heavy atom. The van der Waals surface area contributed by atoms with Gasteiger partial charge in [0.05, 0.1) is 10.8 Å². The molecule has 1 N–H and O–H groups in total. The van der Waals surface area contributed by atoms with E-state index < -0.39 is 0 Å². The summed E-state index contributed by atoms with van der Waals surface area (Å²) in [4.78, 5) is 12.3. The van der Waals surface area contributed by atoms with Crippen LogP contribution in [0.2, 0.25) is 0 Å². The minimum atomic E-state index is -0.282. The summed E-state index contributed by atoms with van der Waals surface area (Å²) in [7, 11) is 0. The largest absolute Gasteiger partial charge is 0.354 e. The van der Waals surface area contributed by atoms with E-state index in [1.54, 1.807) is 0 Å². The summed E-state index contributed by atoms with van der Waals surface area (Å²) in [6.07, 6.45) is 2.82. The summed E-state index contributed by atoms with van der Waals surface area (Å²) in [6.45, 7) is 4.85. The number of carbonyl (C=O) groups is 1.